The van der Waals surface area contributed by atoms with Crippen molar-refractivity contribution >= 4 is 11.6 Å². The average molecular weight is 282 g/mol. The van der Waals surface area contributed by atoms with Crippen molar-refractivity contribution in [2.24, 2.45) is 5.73 Å². The molecule has 1 unspecified atom stereocenters. The molecule has 2 aromatic rings. The van der Waals surface area contributed by atoms with Crippen LogP contribution < -0.4 is 5.73 Å². The Bertz CT molecular complexity index is 599. The molecule has 0 fully saturated rings. The van der Waals surface area contributed by atoms with Crippen LogP contribution in [0.15, 0.2) is 36.4 Å². The highest BCUT2D eigenvalue weighted by Gasteiger charge is 2.15. The van der Waals surface area contributed by atoms with Gasteiger partial charge in [0, 0.05) is 11.6 Å². The van der Waals surface area contributed by atoms with Gasteiger partial charge in [0.2, 0.25) is 0 Å². The van der Waals surface area contributed by atoms with E-state index in [0.29, 0.717) is 12.0 Å². The summed E-state index contributed by atoms with van der Waals surface area (Å²) in [6, 6.07) is 8.74. The van der Waals surface area contributed by atoms with E-state index >= 15 is 0 Å². The summed E-state index contributed by atoms with van der Waals surface area (Å²) in [6.45, 7) is 1.81. The number of rotatable bonds is 3. The van der Waals surface area contributed by atoms with Crippen molar-refractivity contribution in [3.8, 4) is 0 Å². The summed E-state index contributed by atoms with van der Waals surface area (Å²) in [5, 5.41) is 0.0591. The maximum absolute atomic E-state index is 13.8. The van der Waals surface area contributed by atoms with E-state index in [9.17, 15) is 8.78 Å². The Morgan fingerprint density at radius 2 is 1.95 bits per heavy atom. The number of halogens is 3. The highest BCUT2D eigenvalue weighted by Crippen LogP contribution is 2.25. The van der Waals surface area contributed by atoms with E-state index in [-0.39, 0.29) is 10.8 Å². The second-order valence-electron chi connectivity index (χ2n) is 4.52. The zero-order valence-electron chi connectivity index (χ0n) is 10.5. The lowest BCUT2D eigenvalue weighted by molar-refractivity contribution is 0.579. The third kappa shape index (κ3) is 3.11. The molecule has 0 heterocycles. The minimum atomic E-state index is -0.511. The lowest BCUT2D eigenvalue weighted by Gasteiger charge is -2.15. The standard InChI is InChI=1S/C15H14ClF2N/c1-9-7-11(17)6-5-10(9)8-14(19)12-3-2-4-13(16)15(12)18/h2-7,14H,8,19H2,1H3. The second-order valence-corrected chi connectivity index (χ2v) is 4.93. The number of hydrogen-bond donors (Lipinski definition) is 1. The maximum Gasteiger partial charge on any atom is 0.146 e. The Balaban J connectivity index is 2.25. The van der Waals surface area contributed by atoms with Crippen LogP contribution in [0.5, 0.6) is 0 Å². The number of aryl methyl sites for hydroxylation is 1. The molecule has 0 spiro atoms. The molecule has 1 atom stereocenters. The summed E-state index contributed by atoms with van der Waals surface area (Å²) in [5.74, 6) is -0.778. The van der Waals surface area contributed by atoms with Crippen molar-refractivity contribution in [3.05, 3.63) is 69.7 Å². The number of hydrogen-bond acceptors (Lipinski definition) is 1. The van der Waals surface area contributed by atoms with Crippen LogP contribution in [0.4, 0.5) is 8.78 Å². The molecule has 0 aliphatic rings. The van der Waals surface area contributed by atoms with E-state index in [1.165, 1.54) is 18.2 Å². The maximum atomic E-state index is 13.8. The fraction of sp³-hybridized carbons (Fsp3) is 0.200. The minimum absolute atomic E-state index is 0.0591. The fourth-order valence-corrected chi connectivity index (χ4v) is 2.22. The Morgan fingerprint density at radius 1 is 1.21 bits per heavy atom. The monoisotopic (exact) mass is 281 g/mol. The molecule has 2 N–H and O–H groups in total. The van der Waals surface area contributed by atoms with E-state index in [1.807, 2.05) is 0 Å². The Labute approximate surface area is 116 Å². The summed E-state index contributed by atoms with van der Waals surface area (Å²) in [6.07, 6.45) is 0.434. The van der Waals surface area contributed by atoms with Crippen LogP contribution in [-0.2, 0) is 6.42 Å². The van der Waals surface area contributed by atoms with Gasteiger partial charge in [0.05, 0.1) is 5.02 Å². The molecule has 0 aliphatic carbocycles. The summed E-state index contributed by atoms with van der Waals surface area (Å²) >= 11 is 5.73. The van der Waals surface area contributed by atoms with Crippen molar-refractivity contribution in [1.29, 1.82) is 0 Å². The van der Waals surface area contributed by atoms with E-state index in [0.717, 1.165) is 11.1 Å². The summed E-state index contributed by atoms with van der Waals surface area (Å²) in [4.78, 5) is 0. The molecule has 100 valence electrons. The molecule has 19 heavy (non-hydrogen) atoms. The molecule has 0 aromatic heterocycles. The van der Waals surface area contributed by atoms with E-state index in [4.69, 9.17) is 17.3 Å². The highest BCUT2D eigenvalue weighted by molar-refractivity contribution is 6.30. The van der Waals surface area contributed by atoms with Crippen LogP contribution in [-0.4, -0.2) is 0 Å². The van der Waals surface area contributed by atoms with Gasteiger partial charge in [-0.05, 0) is 42.7 Å². The van der Waals surface area contributed by atoms with Crippen LogP contribution in [0.2, 0.25) is 5.02 Å². The SMILES string of the molecule is Cc1cc(F)ccc1CC(N)c1cccc(Cl)c1F. The normalized spacial score (nSPS) is 12.5. The van der Waals surface area contributed by atoms with Crippen molar-refractivity contribution in [1.82, 2.24) is 0 Å². The smallest absolute Gasteiger partial charge is 0.146 e. The minimum Gasteiger partial charge on any atom is -0.324 e. The fourth-order valence-electron chi connectivity index (χ4n) is 2.04. The molecule has 0 radical (unpaired) electrons. The largest absolute Gasteiger partial charge is 0.324 e. The molecule has 0 amide bonds. The Morgan fingerprint density at radius 3 is 2.63 bits per heavy atom. The van der Waals surface area contributed by atoms with E-state index < -0.39 is 11.9 Å². The molecular weight excluding hydrogens is 268 g/mol. The zero-order valence-corrected chi connectivity index (χ0v) is 11.2. The second kappa shape index (κ2) is 5.68. The Hall–Kier alpha value is -1.45. The van der Waals surface area contributed by atoms with Crippen molar-refractivity contribution in [3.63, 3.8) is 0 Å². The third-order valence-corrected chi connectivity index (χ3v) is 3.42. The van der Waals surface area contributed by atoms with Gasteiger partial charge in [-0.1, -0.05) is 29.8 Å². The van der Waals surface area contributed by atoms with Gasteiger partial charge in [-0.2, -0.15) is 0 Å². The first-order valence-corrected chi connectivity index (χ1v) is 6.31. The van der Waals surface area contributed by atoms with Crippen LogP contribution >= 0.6 is 11.6 Å². The highest BCUT2D eigenvalue weighted by atomic mass is 35.5. The summed E-state index contributed by atoms with van der Waals surface area (Å²) < 4.78 is 26.9. The van der Waals surface area contributed by atoms with Crippen molar-refractivity contribution < 1.29 is 8.78 Å². The van der Waals surface area contributed by atoms with Gasteiger partial charge >= 0.3 is 0 Å². The topological polar surface area (TPSA) is 26.0 Å². The molecule has 0 saturated carbocycles. The predicted molar refractivity (Wildman–Crippen MR) is 73.2 cm³/mol. The average Bonchev–Trinajstić information content (AvgIpc) is 2.36. The van der Waals surface area contributed by atoms with Crippen LogP contribution in [0.3, 0.4) is 0 Å². The van der Waals surface area contributed by atoms with Gasteiger partial charge < -0.3 is 5.73 Å². The molecule has 1 nitrogen and oxygen atoms in total. The van der Waals surface area contributed by atoms with Crippen LogP contribution in [0.25, 0.3) is 0 Å². The lowest BCUT2D eigenvalue weighted by atomic mass is 9.96. The van der Waals surface area contributed by atoms with Gasteiger partial charge in [-0.3, -0.25) is 0 Å². The third-order valence-electron chi connectivity index (χ3n) is 3.13. The Kier molecular flexibility index (Phi) is 4.17. The van der Waals surface area contributed by atoms with Gasteiger partial charge in [0.1, 0.15) is 11.6 Å². The first-order valence-electron chi connectivity index (χ1n) is 5.93. The molecular formula is C15H14ClF2N. The first-order chi connectivity index (χ1) is 8.99. The van der Waals surface area contributed by atoms with Crippen molar-refractivity contribution in [2.45, 2.75) is 19.4 Å². The number of benzene rings is 2. The summed E-state index contributed by atoms with van der Waals surface area (Å²) in [7, 11) is 0. The van der Waals surface area contributed by atoms with E-state index in [1.54, 1.807) is 25.1 Å². The number of nitrogens with two attached hydrogens (primary N) is 1. The summed E-state index contributed by atoms with van der Waals surface area (Å²) in [5.41, 5.74) is 8.08. The molecule has 0 bridgehead atoms. The molecule has 2 rings (SSSR count). The molecule has 2 aromatic carbocycles. The quantitative estimate of drug-likeness (QED) is 0.898. The molecule has 0 saturated heterocycles. The van der Waals surface area contributed by atoms with Crippen molar-refractivity contribution in [2.75, 3.05) is 0 Å². The van der Waals surface area contributed by atoms with Gasteiger partial charge in [0.25, 0.3) is 0 Å². The lowest BCUT2D eigenvalue weighted by Crippen LogP contribution is -2.15. The van der Waals surface area contributed by atoms with Gasteiger partial charge in [-0.15, -0.1) is 0 Å². The molecule has 0 aliphatic heterocycles. The van der Waals surface area contributed by atoms with Crippen LogP contribution in [0, 0.1) is 18.6 Å². The van der Waals surface area contributed by atoms with E-state index in [2.05, 4.69) is 0 Å². The predicted octanol–water partition coefficient (Wildman–Crippen LogP) is 4.17. The van der Waals surface area contributed by atoms with Gasteiger partial charge in [-0.25, -0.2) is 8.78 Å². The zero-order chi connectivity index (χ0) is 14.0. The molecule has 4 heteroatoms. The first kappa shape index (κ1) is 14.0. The van der Waals surface area contributed by atoms with Gasteiger partial charge in [0.15, 0.2) is 0 Å². The van der Waals surface area contributed by atoms with Crippen LogP contribution in [0.1, 0.15) is 22.7 Å².